The second kappa shape index (κ2) is 6.16. The Kier molecular flexibility index (Phi) is 4.37. The average molecular weight is 354 g/mol. The lowest BCUT2D eigenvalue weighted by Crippen LogP contribution is -2.37. The molecule has 2 aliphatic heterocycles. The lowest BCUT2D eigenvalue weighted by atomic mass is 10.2. The van der Waals surface area contributed by atoms with Crippen molar-refractivity contribution >= 4 is 38.4 Å². The molecule has 0 saturated carbocycles. The number of amides is 1. The number of rotatable bonds is 3. The molecule has 2 aliphatic rings. The van der Waals surface area contributed by atoms with Gasteiger partial charge < -0.3 is 9.64 Å². The van der Waals surface area contributed by atoms with E-state index in [4.69, 9.17) is 4.74 Å². The Balaban J connectivity index is 1.99. The predicted molar refractivity (Wildman–Crippen MR) is 92.0 cm³/mol. The molecule has 2 saturated heterocycles. The molecular formula is C15H18N2O4S2. The summed E-state index contributed by atoms with van der Waals surface area (Å²) in [5.41, 5.74) is 0.825. The Morgan fingerprint density at radius 3 is 2.65 bits per heavy atom. The van der Waals surface area contributed by atoms with Gasteiger partial charge in [-0.15, -0.1) is 0 Å². The molecule has 0 spiro atoms. The van der Waals surface area contributed by atoms with Gasteiger partial charge in [0, 0.05) is 17.4 Å². The van der Waals surface area contributed by atoms with Gasteiger partial charge in [-0.3, -0.25) is 4.79 Å². The van der Waals surface area contributed by atoms with Crippen LogP contribution in [0, 0.1) is 0 Å². The SMILES string of the molecule is CCC(=O)N=C1S[C@@H]2CS(=O)(=O)C[C@H]2N1c1ccc(OC)cc1. The molecule has 2 heterocycles. The first-order chi connectivity index (χ1) is 10.9. The largest absolute Gasteiger partial charge is 0.497 e. The second-order valence-corrected chi connectivity index (χ2v) is 8.87. The summed E-state index contributed by atoms with van der Waals surface area (Å²) in [6, 6.07) is 7.17. The summed E-state index contributed by atoms with van der Waals surface area (Å²) in [4.78, 5) is 17.8. The molecule has 6 nitrogen and oxygen atoms in total. The third kappa shape index (κ3) is 3.23. The van der Waals surface area contributed by atoms with Gasteiger partial charge in [0.1, 0.15) is 5.75 Å². The van der Waals surface area contributed by atoms with Gasteiger partial charge in [-0.05, 0) is 24.3 Å². The summed E-state index contributed by atoms with van der Waals surface area (Å²) in [5.74, 6) is 0.748. The third-order valence-corrected chi connectivity index (χ3v) is 7.15. The minimum atomic E-state index is -3.04. The zero-order valence-electron chi connectivity index (χ0n) is 12.9. The standard InChI is InChI=1S/C15H18N2O4S2/c1-3-14(18)16-15-17(10-4-6-11(21-2)7-5-10)12-8-23(19,20)9-13(12)22-15/h4-7,12-13H,3,8-9H2,1-2H3/t12-,13-/m1/s1. The van der Waals surface area contributed by atoms with E-state index in [2.05, 4.69) is 4.99 Å². The number of carbonyl (C=O) groups is 1. The minimum absolute atomic E-state index is 0.0782. The Labute approximate surface area is 139 Å². The van der Waals surface area contributed by atoms with E-state index in [0.717, 1.165) is 11.4 Å². The van der Waals surface area contributed by atoms with Crippen LogP contribution in [0.5, 0.6) is 5.75 Å². The zero-order valence-corrected chi connectivity index (χ0v) is 14.6. The summed E-state index contributed by atoms with van der Waals surface area (Å²) >= 11 is 1.38. The van der Waals surface area contributed by atoms with E-state index in [0.29, 0.717) is 11.6 Å². The predicted octanol–water partition coefficient (Wildman–Crippen LogP) is 1.71. The van der Waals surface area contributed by atoms with Crippen molar-refractivity contribution in [2.75, 3.05) is 23.5 Å². The number of thioether (sulfide) groups is 1. The van der Waals surface area contributed by atoms with Crippen molar-refractivity contribution < 1.29 is 17.9 Å². The first-order valence-electron chi connectivity index (χ1n) is 7.35. The molecule has 3 rings (SSSR count). The van der Waals surface area contributed by atoms with E-state index in [1.807, 2.05) is 29.2 Å². The Bertz CT molecular complexity index is 743. The fraction of sp³-hybridized carbons (Fsp3) is 0.467. The van der Waals surface area contributed by atoms with Crippen LogP contribution in [0.4, 0.5) is 5.69 Å². The molecule has 1 amide bonds. The smallest absolute Gasteiger partial charge is 0.247 e. The molecule has 2 fully saturated rings. The lowest BCUT2D eigenvalue weighted by Gasteiger charge is -2.24. The topological polar surface area (TPSA) is 76.0 Å². The summed E-state index contributed by atoms with van der Waals surface area (Å²) in [6.45, 7) is 1.76. The van der Waals surface area contributed by atoms with Crippen LogP contribution in [0.3, 0.4) is 0 Å². The highest BCUT2D eigenvalue weighted by molar-refractivity contribution is 8.16. The Hall–Kier alpha value is -1.54. The Morgan fingerprint density at radius 1 is 1.35 bits per heavy atom. The number of hydrogen-bond donors (Lipinski definition) is 0. The van der Waals surface area contributed by atoms with Gasteiger partial charge in [-0.1, -0.05) is 18.7 Å². The summed E-state index contributed by atoms with van der Waals surface area (Å²) < 4.78 is 29.0. The molecule has 0 N–H and O–H groups in total. The molecule has 0 unspecified atom stereocenters. The molecule has 1 aromatic rings. The highest BCUT2D eigenvalue weighted by Gasteiger charge is 2.49. The van der Waals surface area contributed by atoms with Crippen molar-refractivity contribution in [3.8, 4) is 5.75 Å². The summed E-state index contributed by atoms with van der Waals surface area (Å²) in [7, 11) is -1.45. The average Bonchev–Trinajstić information content (AvgIpc) is 2.98. The fourth-order valence-electron chi connectivity index (χ4n) is 2.79. The molecular weight excluding hydrogens is 336 g/mol. The maximum Gasteiger partial charge on any atom is 0.247 e. The number of anilines is 1. The zero-order chi connectivity index (χ0) is 16.6. The lowest BCUT2D eigenvalue weighted by molar-refractivity contribution is -0.117. The van der Waals surface area contributed by atoms with Gasteiger partial charge in [0.2, 0.25) is 5.91 Å². The van der Waals surface area contributed by atoms with Gasteiger partial charge in [-0.25, -0.2) is 8.42 Å². The number of carbonyl (C=O) groups excluding carboxylic acids is 1. The van der Waals surface area contributed by atoms with Crippen LogP contribution in [0.15, 0.2) is 29.3 Å². The van der Waals surface area contributed by atoms with Crippen molar-refractivity contribution in [3.05, 3.63) is 24.3 Å². The van der Waals surface area contributed by atoms with Crippen molar-refractivity contribution in [1.82, 2.24) is 0 Å². The fourth-order valence-corrected chi connectivity index (χ4v) is 6.73. The first kappa shape index (κ1) is 16.3. The maximum atomic E-state index is 11.9. The molecule has 1 aromatic carbocycles. The number of nitrogens with zero attached hydrogens (tertiary/aromatic N) is 2. The third-order valence-electron chi connectivity index (χ3n) is 3.94. The summed E-state index contributed by atoms with van der Waals surface area (Å²) in [5, 5.41) is 0.512. The molecule has 0 radical (unpaired) electrons. The van der Waals surface area contributed by atoms with E-state index in [-0.39, 0.29) is 28.7 Å². The molecule has 23 heavy (non-hydrogen) atoms. The number of fused-ring (bicyclic) bond motifs is 1. The van der Waals surface area contributed by atoms with E-state index in [1.54, 1.807) is 14.0 Å². The molecule has 0 bridgehead atoms. The molecule has 124 valence electrons. The first-order valence-corrected chi connectivity index (χ1v) is 10.1. The van der Waals surface area contributed by atoms with Crippen LogP contribution in [0.2, 0.25) is 0 Å². The second-order valence-electron chi connectivity index (χ2n) is 5.51. The molecule has 0 aliphatic carbocycles. The van der Waals surface area contributed by atoms with Crippen LogP contribution < -0.4 is 9.64 Å². The van der Waals surface area contributed by atoms with Gasteiger partial charge in [0.25, 0.3) is 0 Å². The van der Waals surface area contributed by atoms with E-state index < -0.39 is 9.84 Å². The van der Waals surface area contributed by atoms with Crippen LogP contribution in [0.25, 0.3) is 0 Å². The highest BCUT2D eigenvalue weighted by Crippen LogP contribution is 2.41. The number of sulfone groups is 1. The van der Waals surface area contributed by atoms with Crippen molar-refractivity contribution in [2.24, 2.45) is 4.99 Å². The number of ether oxygens (including phenoxy) is 1. The highest BCUT2D eigenvalue weighted by atomic mass is 32.2. The van der Waals surface area contributed by atoms with Crippen LogP contribution in [-0.4, -0.2) is 49.4 Å². The quantitative estimate of drug-likeness (QED) is 0.822. The number of amidine groups is 1. The molecule has 0 aromatic heterocycles. The van der Waals surface area contributed by atoms with E-state index in [9.17, 15) is 13.2 Å². The van der Waals surface area contributed by atoms with Gasteiger partial charge in [-0.2, -0.15) is 4.99 Å². The van der Waals surface area contributed by atoms with Gasteiger partial charge in [0.05, 0.1) is 24.7 Å². The van der Waals surface area contributed by atoms with Crippen molar-refractivity contribution in [3.63, 3.8) is 0 Å². The molecule has 8 heteroatoms. The number of aliphatic imine (C=N–C) groups is 1. The monoisotopic (exact) mass is 354 g/mol. The van der Waals surface area contributed by atoms with Crippen molar-refractivity contribution in [2.45, 2.75) is 24.6 Å². The van der Waals surface area contributed by atoms with Gasteiger partial charge in [0.15, 0.2) is 15.0 Å². The number of methoxy groups -OCH3 is 1. The van der Waals surface area contributed by atoms with Crippen LogP contribution in [0.1, 0.15) is 13.3 Å². The van der Waals surface area contributed by atoms with Crippen molar-refractivity contribution in [1.29, 1.82) is 0 Å². The van der Waals surface area contributed by atoms with E-state index in [1.165, 1.54) is 11.8 Å². The van der Waals surface area contributed by atoms with Crippen LogP contribution >= 0.6 is 11.8 Å². The molecule has 2 atom stereocenters. The Morgan fingerprint density at radius 2 is 2.04 bits per heavy atom. The minimum Gasteiger partial charge on any atom is -0.497 e. The van der Waals surface area contributed by atoms with Gasteiger partial charge >= 0.3 is 0 Å². The summed E-state index contributed by atoms with van der Waals surface area (Å²) in [6.07, 6.45) is 0.328. The maximum absolute atomic E-state index is 11.9. The number of hydrogen-bond acceptors (Lipinski definition) is 5. The number of benzene rings is 1. The van der Waals surface area contributed by atoms with E-state index >= 15 is 0 Å². The normalized spacial score (nSPS) is 27.2. The van der Waals surface area contributed by atoms with Crippen LogP contribution in [-0.2, 0) is 14.6 Å².